The molecule has 0 radical (unpaired) electrons. The molecular formula is C23H24N2O4S2. The van der Waals surface area contributed by atoms with Gasteiger partial charge in [-0.25, -0.2) is 8.42 Å². The predicted octanol–water partition coefficient (Wildman–Crippen LogP) is 3.33. The lowest BCUT2D eigenvalue weighted by Gasteiger charge is -2.34. The number of methoxy groups -OCH3 is 1. The quantitative estimate of drug-likeness (QED) is 0.592. The van der Waals surface area contributed by atoms with E-state index in [1.807, 2.05) is 48.5 Å². The van der Waals surface area contributed by atoms with Crippen molar-refractivity contribution in [3.05, 3.63) is 88.3 Å². The highest BCUT2D eigenvalue weighted by molar-refractivity contribution is 7.91. The lowest BCUT2D eigenvalue weighted by atomic mass is 9.95. The van der Waals surface area contributed by atoms with Crippen molar-refractivity contribution in [1.82, 2.24) is 9.62 Å². The maximum atomic E-state index is 13.3. The Labute approximate surface area is 186 Å². The van der Waals surface area contributed by atoms with E-state index in [9.17, 15) is 13.2 Å². The predicted molar refractivity (Wildman–Crippen MR) is 120 cm³/mol. The minimum atomic E-state index is -3.77. The first kappa shape index (κ1) is 21.7. The molecule has 1 aromatic heterocycles. The second kappa shape index (κ2) is 9.32. The second-order valence-corrected chi connectivity index (χ2v) is 10.5. The minimum Gasteiger partial charge on any atom is -0.380 e. The summed E-state index contributed by atoms with van der Waals surface area (Å²) >= 11 is 1.16. The van der Waals surface area contributed by atoms with E-state index in [1.54, 1.807) is 24.6 Å². The van der Waals surface area contributed by atoms with Crippen LogP contribution in [0.25, 0.3) is 0 Å². The van der Waals surface area contributed by atoms with Gasteiger partial charge in [0, 0.05) is 20.2 Å². The van der Waals surface area contributed by atoms with Crippen molar-refractivity contribution in [2.45, 2.75) is 36.4 Å². The van der Waals surface area contributed by atoms with E-state index in [2.05, 4.69) is 5.32 Å². The number of hydrogen-bond donors (Lipinski definition) is 1. The zero-order valence-electron chi connectivity index (χ0n) is 17.2. The second-order valence-electron chi connectivity index (χ2n) is 7.44. The number of ether oxygens (including phenoxy) is 1. The zero-order chi connectivity index (χ0) is 21.8. The summed E-state index contributed by atoms with van der Waals surface area (Å²) in [5, 5.41) is 4.65. The molecule has 2 aromatic carbocycles. The molecule has 0 saturated carbocycles. The summed E-state index contributed by atoms with van der Waals surface area (Å²) in [7, 11) is -2.13. The summed E-state index contributed by atoms with van der Waals surface area (Å²) in [5.74, 6) is -0.296. The molecule has 4 rings (SSSR count). The van der Waals surface area contributed by atoms with Crippen molar-refractivity contribution in [3.63, 3.8) is 0 Å². The van der Waals surface area contributed by atoms with E-state index in [1.165, 1.54) is 4.31 Å². The Hall–Kier alpha value is -2.52. The summed E-state index contributed by atoms with van der Waals surface area (Å²) in [6, 6.07) is 18.0. The molecule has 1 aliphatic rings. The molecule has 1 amide bonds. The van der Waals surface area contributed by atoms with Crippen LogP contribution in [0.4, 0.5) is 0 Å². The highest BCUT2D eigenvalue weighted by Crippen LogP contribution is 2.31. The first-order valence-electron chi connectivity index (χ1n) is 9.95. The summed E-state index contributed by atoms with van der Waals surface area (Å²) in [4.78, 5) is 13.1. The van der Waals surface area contributed by atoms with E-state index in [0.29, 0.717) is 19.6 Å². The van der Waals surface area contributed by atoms with Gasteiger partial charge in [-0.2, -0.15) is 4.31 Å². The third-order valence-electron chi connectivity index (χ3n) is 5.37. The summed E-state index contributed by atoms with van der Waals surface area (Å²) in [6.07, 6.45) is 0.347. The van der Waals surface area contributed by atoms with E-state index >= 15 is 0 Å². The Morgan fingerprint density at radius 2 is 1.77 bits per heavy atom. The molecule has 0 saturated heterocycles. The first-order chi connectivity index (χ1) is 15.0. The van der Waals surface area contributed by atoms with Gasteiger partial charge in [0.2, 0.25) is 5.91 Å². The Morgan fingerprint density at radius 1 is 1.06 bits per heavy atom. The highest BCUT2D eigenvalue weighted by atomic mass is 32.2. The fraction of sp³-hybridized carbons (Fsp3) is 0.261. The Morgan fingerprint density at radius 3 is 2.45 bits per heavy atom. The fourth-order valence-electron chi connectivity index (χ4n) is 3.73. The van der Waals surface area contributed by atoms with Gasteiger partial charge in [0.15, 0.2) is 0 Å². The number of nitrogens with zero attached hydrogens (tertiary/aromatic N) is 1. The first-order valence-corrected chi connectivity index (χ1v) is 12.3. The lowest BCUT2D eigenvalue weighted by Crippen LogP contribution is -2.52. The number of benzene rings is 2. The molecule has 0 bridgehead atoms. The van der Waals surface area contributed by atoms with Crippen molar-refractivity contribution in [2.24, 2.45) is 0 Å². The third kappa shape index (κ3) is 4.72. The van der Waals surface area contributed by atoms with Crippen LogP contribution >= 0.6 is 11.3 Å². The molecule has 1 aliphatic heterocycles. The van der Waals surface area contributed by atoms with Crippen molar-refractivity contribution >= 4 is 27.3 Å². The van der Waals surface area contributed by atoms with Gasteiger partial charge in [0.25, 0.3) is 10.0 Å². The smallest absolute Gasteiger partial charge is 0.253 e. The van der Waals surface area contributed by atoms with Crippen LogP contribution in [0, 0.1) is 0 Å². The Kier molecular flexibility index (Phi) is 6.52. The molecule has 2 heterocycles. The van der Waals surface area contributed by atoms with E-state index in [-0.39, 0.29) is 16.7 Å². The van der Waals surface area contributed by atoms with Crippen LogP contribution in [-0.2, 0) is 45.7 Å². The number of carbonyl (C=O) groups excluding carboxylic acids is 1. The van der Waals surface area contributed by atoms with Gasteiger partial charge < -0.3 is 10.1 Å². The molecule has 31 heavy (non-hydrogen) atoms. The van der Waals surface area contributed by atoms with Crippen molar-refractivity contribution in [3.8, 4) is 0 Å². The number of sulfonamides is 1. The normalized spacial score (nSPS) is 16.6. The average molecular weight is 457 g/mol. The van der Waals surface area contributed by atoms with Gasteiger partial charge in [-0.05, 0) is 40.1 Å². The molecule has 1 N–H and O–H groups in total. The monoisotopic (exact) mass is 456 g/mol. The molecular weight excluding hydrogens is 432 g/mol. The van der Waals surface area contributed by atoms with Gasteiger partial charge >= 0.3 is 0 Å². The largest absolute Gasteiger partial charge is 0.380 e. The lowest BCUT2D eigenvalue weighted by molar-refractivity contribution is -0.125. The number of amides is 1. The summed E-state index contributed by atoms with van der Waals surface area (Å²) in [6.45, 7) is 1.04. The van der Waals surface area contributed by atoms with Gasteiger partial charge in [-0.15, -0.1) is 11.3 Å². The number of fused-ring (bicyclic) bond motifs is 1. The van der Waals surface area contributed by atoms with Crippen LogP contribution in [0.3, 0.4) is 0 Å². The molecule has 8 heteroatoms. The number of thiophene rings is 1. The fourth-order valence-corrected chi connectivity index (χ4v) is 6.41. The molecule has 0 spiro atoms. The number of carbonyl (C=O) groups is 1. The van der Waals surface area contributed by atoms with Crippen molar-refractivity contribution < 1.29 is 17.9 Å². The molecule has 0 unspecified atom stereocenters. The van der Waals surface area contributed by atoms with Gasteiger partial charge in [0.05, 0.1) is 6.61 Å². The number of rotatable bonds is 7. The van der Waals surface area contributed by atoms with Crippen LogP contribution in [0.2, 0.25) is 0 Å². The Bertz CT molecular complexity index is 1140. The van der Waals surface area contributed by atoms with Crippen LogP contribution in [0.15, 0.2) is 70.3 Å². The summed E-state index contributed by atoms with van der Waals surface area (Å²) < 4.78 is 33.3. The van der Waals surface area contributed by atoms with Crippen molar-refractivity contribution in [1.29, 1.82) is 0 Å². The van der Waals surface area contributed by atoms with Gasteiger partial charge in [0.1, 0.15) is 10.3 Å². The van der Waals surface area contributed by atoms with Gasteiger partial charge in [-0.1, -0.05) is 54.6 Å². The highest BCUT2D eigenvalue weighted by Gasteiger charge is 2.39. The zero-order valence-corrected chi connectivity index (χ0v) is 18.8. The average Bonchev–Trinajstić information content (AvgIpc) is 3.34. The SMILES string of the molecule is COCc1ccc(CNC(=O)[C@@H]2Cc3ccccc3CN2S(=O)(=O)c2cccs2)cc1. The molecule has 6 nitrogen and oxygen atoms in total. The van der Waals surface area contributed by atoms with Gasteiger partial charge in [-0.3, -0.25) is 4.79 Å². The van der Waals surface area contributed by atoms with Crippen LogP contribution < -0.4 is 5.32 Å². The topological polar surface area (TPSA) is 75.7 Å². The number of nitrogens with one attached hydrogen (secondary N) is 1. The maximum Gasteiger partial charge on any atom is 0.253 e. The van der Waals surface area contributed by atoms with Crippen LogP contribution in [0.5, 0.6) is 0 Å². The van der Waals surface area contributed by atoms with E-state index in [0.717, 1.165) is 33.6 Å². The summed E-state index contributed by atoms with van der Waals surface area (Å²) in [5.41, 5.74) is 3.93. The molecule has 1 atom stereocenters. The molecule has 162 valence electrons. The Balaban J connectivity index is 1.55. The third-order valence-corrected chi connectivity index (χ3v) is 8.59. The van der Waals surface area contributed by atoms with Crippen LogP contribution in [-0.4, -0.2) is 31.8 Å². The van der Waals surface area contributed by atoms with E-state index < -0.39 is 16.1 Å². The maximum absolute atomic E-state index is 13.3. The van der Waals surface area contributed by atoms with E-state index in [4.69, 9.17) is 4.74 Å². The molecule has 0 fully saturated rings. The van der Waals surface area contributed by atoms with Crippen LogP contribution in [0.1, 0.15) is 22.3 Å². The van der Waals surface area contributed by atoms with Crippen molar-refractivity contribution in [2.75, 3.05) is 7.11 Å². The molecule has 0 aliphatic carbocycles. The molecule has 3 aromatic rings. The number of hydrogen-bond acceptors (Lipinski definition) is 5. The standard InChI is InChI=1S/C23H24N2O4S2/c1-29-16-18-10-8-17(9-11-18)14-24-23(26)21-13-19-5-2-3-6-20(19)15-25(21)31(27,28)22-7-4-12-30-22/h2-12,21H,13-16H2,1H3,(H,24,26)/t21-/m0/s1. The minimum absolute atomic E-state index is 0.181.